The molecule has 16 heavy (non-hydrogen) atoms. The molecule has 0 rings (SSSR count). The van der Waals surface area contributed by atoms with Crippen LogP contribution in [0, 0.1) is 0 Å². The predicted molar refractivity (Wildman–Crippen MR) is 62.9 cm³/mol. The van der Waals surface area contributed by atoms with E-state index in [-0.39, 0.29) is 12.3 Å². The maximum absolute atomic E-state index is 11.2. The molecule has 0 fully saturated rings. The van der Waals surface area contributed by atoms with Gasteiger partial charge in [-0.15, -0.1) is 0 Å². The maximum Gasteiger partial charge on any atom is 0.227 e. The summed E-state index contributed by atoms with van der Waals surface area (Å²) in [7, 11) is 0. The van der Waals surface area contributed by atoms with Crippen LogP contribution in [0.1, 0.15) is 26.7 Å². The summed E-state index contributed by atoms with van der Waals surface area (Å²) >= 11 is 0. The van der Waals surface area contributed by atoms with Gasteiger partial charge in [0, 0.05) is 6.54 Å². The Morgan fingerprint density at radius 2 is 2.06 bits per heavy atom. The van der Waals surface area contributed by atoms with E-state index in [0.29, 0.717) is 6.54 Å². The SMILES string of the molecule is C/C=C\C(=C/CC)CNC(=O)CC(=O)CO. The fourth-order valence-electron chi connectivity index (χ4n) is 1.17. The second kappa shape index (κ2) is 8.85. The number of allylic oxidation sites excluding steroid dienone is 2. The van der Waals surface area contributed by atoms with E-state index in [4.69, 9.17) is 5.11 Å². The van der Waals surface area contributed by atoms with Crippen molar-refractivity contribution in [3.63, 3.8) is 0 Å². The zero-order chi connectivity index (χ0) is 12.4. The van der Waals surface area contributed by atoms with Gasteiger partial charge >= 0.3 is 0 Å². The summed E-state index contributed by atoms with van der Waals surface area (Å²) in [6.45, 7) is 3.75. The lowest BCUT2D eigenvalue weighted by molar-refractivity contribution is -0.129. The summed E-state index contributed by atoms with van der Waals surface area (Å²) < 4.78 is 0. The largest absolute Gasteiger partial charge is 0.389 e. The molecule has 0 aliphatic carbocycles. The van der Waals surface area contributed by atoms with E-state index >= 15 is 0 Å². The number of ketones is 1. The van der Waals surface area contributed by atoms with E-state index in [1.807, 2.05) is 32.1 Å². The molecule has 0 spiro atoms. The topological polar surface area (TPSA) is 66.4 Å². The molecule has 0 aromatic rings. The van der Waals surface area contributed by atoms with Crippen LogP contribution >= 0.6 is 0 Å². The summed E-state index contributed by atoms with van der Waals surface area (Å²) in [5, 5.41) is 11.1. The maximum atomic E-state index is 11.2. The Morgan fingerprint density at radius 3 is 2.56 bits per heavy atom. The molecule has 0 saturated carbocycles. The van der Waals surface area contributed by atoms with Gasteiger partial charge in [0.15, 0.2) is 5.78 Å². The number of aliphatic hydroxyl groups is 1. The molecule has 0 unspecified atom stereocenters. The molecule has 0 heterocycles. The van der Waals surface area contributed by atoms with Crippen molar-refractivity contribution < 1.29 is 14.7 Å². The lowest BCUT2D eigenvalue weighted by Crippen LogP contribution is -2.28. The normalized spacial score (nSPS) is 11.8. The number of amides is 1. The second-order valence-corrected chi connectivity index (χ2v) is 3.34. The molecular weight excluding hydrogens is 206 g/mol. The number of hydrogen-bond donors (Lipinski definition) is 2. The van der Waals surface area contributed by atoms with Gasteiger partial charge in [0.1, 0.15) is 6.61 Å². The van der Waals surface area contributed by atoms with E-state index < -0.39 is 12.4 Å². The molecule has 0 radical (unpaired) electrons. The molecule has 0 bridgehead atoms. The minimum Gasteiger partial charge on any atom is -0.389 e. The molecule has 0 atom stereocenters. The molecule has 0 aromatic carbocycles. The zero-order valence-electron chi connectivity index (χ0n) is 9.82. The van der Waals surface area contributed by atoms with Gasteiger partial charge in [-0.25, -0.2) is 0 Å². The highest BCUT2D eigenvalue weighted by Gasteiger charge is 2.07. The first-order chi connectivity index (χ1) is 7.63. The standard InChI is InChI=1S/C12H19NO3/c1-3-5-10(6-4-2)8-13-12(16)7-11(15)9-14/h3,5-6,14H,4,7-9H2,1-2H3,(H,13,16)/b5-3-,10-6+. The number of hydrogen-bond acceptors (Lipinski definition) is 3. The predicted octanol–water partition coefficient (Wildman–Crippen LogP) is 0.967. The lowest BCUT2D eigenvalue weighted by Gasteiger charge is -2.05. The Bertz CT molecular complexity index is 293. The van der Waals surface area contributed by atoms with Gasteiger partial charge in [-0.1, -0.05) is 25.2 Å². The molecule has 90 valence electrons. The van der Waals surface area contributed by atoms with E-state index in [9.17, 15) is 9.59 Å². The van der Waals surface area contributed by atoms with Gasteiger partial charge in [-0.05, 0) is 18.9 Å². The van der Waals surface area contributed by atoms with Crippen LogP contribution in [0.25, 0.3) is 0 Å². The molecule has 4 heteroatoms. The van der Waals surface area contributed by atoms with E-state index in [1.54, 1.807) is 0 Å². The first-order valence-corrected chi connectivity index (χ1v) is 5.35. The monoisotopic (exact) mass is 225 g/mol. The summed E-state index contributed by atoms with van der Waals surface area (Å²) in [4.78, 5) is 22.0. The van der Waals surface area contributed by atoms with Crippen molar-refractivity contribution in [2.75, 3.05) is 13.2 Å². The van der Waals surface area contributed by atoms with Gasteiger partial charge in [0.05, 0.1) is 6.42 Å². The number of rotatable bonds is 7. The Morgan fingerprint density at radius 1 is 1.38 bits per heavy atom. The molecule has 0 aliphatic rings. The number of carbonyl (C=O) groups excluding carboxylic acids is 2. The van der Waals surface area contributed by atoms with Gasteiger partial charge in [0.25, 0.3) is 0 Å². The first-order valence-electron chi connectivity index (χ1n) is 5.35. The molecular formula is C12H19NO3. The average molecular weight is 225 g/mol. The minimum atomic E-state index is -0.583. The minimum absolute atomic E-state index is 0.258. The number of aliphatic hydroxyl groups excluding tert-OH is 1. The average Bonchev–Trinajstić information content (AvgIpc) is 2.26. The Balaban J connectivity index is 4.06. The van der Waals surface area contributed by atoms with Crippen LogP contribution in [0.2, 0.25) is 0 Å². The summed E-state index contributed by atoms with van der Waals surface area (Å²) in [5.74, 6) is -0.824. The van der Waals surface area contributed by atoms with E-state index in [0.717, 1.165) is 12.0 Å². The third-order valence-corrected chi connectivity index (χ3v) is 1.87. The Kier molecular flexibility index (Phi) is 8.07. The van der Waals surface area contributed by atoms with Crippen LogP contribution in [-0.4, -0.2) is 29.9 Å². The Labute approximate surface area is 96.0 Å². The van der Waals surface area contributed by atoms with Crippen LogP contribution in [0.3, 0.4) is 0 Å². The lowest BCUT2D eigenvalue weighted by atomic mass is 10.2. The smallest absolute Gasteiger partial charge is 0.227 e. The first kappa shape index (κ1) is 14.6. The van der Waals surface area contributed by atoms with Crippen molar-refractivity contribution in [3.8, 4) is 0 Å². The molecule has 0 aliphatic heterocycles. The molecule has 0 saturated heterocycles. The van der Waals surface area contributed by atoms with Gasteiger partial charge in [-0.2, -0.15) is 0 Å². The van der Waals surface area contributed by atoms with Crippen LogP contribution in [0.15, 0.2) is 23.8 Å². The van der Waals surface area contributed by atoms with Gasteiger partial charge < -0.3 is 10.4 Å². The summed E-state index contributed by atoms with van der Waals surface area (Å²) in [5.41, 5.74) is 1.01. The van der Waals surface area contributed by atoms with Gasteiger partial charge in [-0.3, -0.25) is 9.59 Å². The number of carbonyl (C=O) groups is 2. The third kappa shape index (κ3) is 6.95. The quantitative estimate of drug-likeness (QED) is 0.501. The molecule has 2 N–H and O–H groups in total. The van der Waals surface area contributed by atoms with Crippen molar-refractivity contribution in [1.82, 2.24) is 5.32 Å². The van der Waals surface area contributed by atoms with Crippen molar-refractivity contribution in [2.45, 2.75) is 26.7 Å². The van der Waals surface area contributed by atoms with Crippen molar-refractivity contribution >= 4 is 11.7 Å². The fraction of sp³-hybridized carbons (Fsp3) is 0.500. The fourth-order valence-corrected chi connectivity index (χ4v) is 1.17. The highest BCUT2D eigenvalue weighted by molar-refractivity contribution is 5.98. The molecule has 4 nitrogen and oxygen atoms in total. The van der Waals surface area contributed by atoms with Crippen LogP contribution in [0.5, 0.6) is 0 Å². The summed E-state index contributed by atoms with van der Waals surface area (Å²) in [6, 6.07) is 0. The van der Waals surface area contributed by atoms with Crippen molar-refractivity contribution in [2.24, 2.45) is 0 Å². The summed E-state index contributed by atoms with van der Waals surface area (Å²) in [6.07, 6.45) is 6.45. The van der Waals surface area contributed by atoms with E-state index in [2.05, 4.69) is 5.32 Å². The second-order valence-electron chi connectivity index (χ2n) is 3.34. The molecule has 0 aromatic heterocycles. The van der Waals surface area contributed by atoms with Crippen LogP contribution < -0.4 is 5.32 Å². The highest BCUT2D eigenvalue weighted by Crippen LogP contribution is 1.98. The van der Waals surface area contributed by atoms with Gasteiger partial charge in [0.2, 0.25) is 5.91 Å². The van der Waals surface area contributed by atoms with Crippen molar-refractivity contribution in [3.05, 3.63) is 23.8 Å². The number of nitrogens with one attached hydrogen (secondary N) is 1. The Hall–Kier alpha value is -1.42. The van der Waals surface area contributed by atoms with Crippen molar-refractivity contribution in [1.29, 1.82) is 0 Å². The highest BCUT2D eigenvalue weighted by atomic mass is 16.3. The van der Waals surface area contributed by atoms with E-state index in [1.165, 1.54) is 0 Å². The zero-order valence-corrected chi connectivity index (χ0v) is 9.82. The molecule has 1 amide bonds. The van der Waals surface area contributed by atoms with Crippen LogP contribution in [0.4, 0.5) is 0 Å². The third-order valence-electron chi connectivity index (χ3n) is 1.87. The van der Waals surface area contributed by atoms with Crippen LogP contribution in [-0.2, 0) is 9.59 Å². The number of Topliss-reactive ketones (excluding diaryl/α,β-unsaturated/α-hetero) is 1.